The van der Waals surface area contributed by atoms with Crippen LogP contribution in [0.25, 0.3) is 0 Å². The Balaban J connectivity index is 2.62. The molecule has 1 aliphatic carbocycles. The molecule has 1 aliphatic rings. The van der Waals surface area contributed by atoms with Gasteiger partial charge in [-0.15, -0.1) is 11.3 Å². The number of halogens is 2. The topological polar surface area (TPSA) is 52.0 Å². The largest absolute Gasteiger partial charge is 0.324 e. The van der Waals surface area contributed by atoms with Crippen molar-refractivity contribution < 1.29 is 0 Å². The van der Waals surface area contributed by atoms with Gasteiger partial charge in [0.2, 0.25) is 0 Å². The molecule has 2 atom stereocenters. The lowest BCUT2D eigenvalue weighted by molar-refractivity contribution is 0.621. The van der Waals surface area contributed by atoms with Crippen molar-refractivity contribution in [1.82, 2.24) is 0 Å². The van der Waals surface area contributed by atoms with E-state index in [1.807, 2.05) is 0 Å². The van der Waals surface area contributed by atoms with Gasteiger partial charge in [-0.1, -0.05) is 23.2 Å². The van der Waals surface area contributed by atoms with E-state index < -0.39 is 0 Å². The van der Waals surface area contributed by atoms with Crippen molar-refractivity contribution in [3.63, 3.8) is 0 Å². The Kier molecular flexibility index (Phi) is 2.09. The molecule has 1 aromatic heterocycles. The van der Waals surface area contributed by atoms with Crippen LogP contribution in [0.15, 0.2) is 0 Å². The molecule has 0 amide bonds. The molecule has 0 aromatic carbocycles. The van der Waals surface area contributed by atoms with Crippen LogP contribution in [0, 0.1) is 0 Å². The van der Waals surface area contributed by atoms with E-state index in [9.17, 15) is 0 Å². The van der Waals surface area contributed by atoms with Crippen LogP contribution in [0.2, 0.25) is 8.67 Å². The lowest BCUT2D eigenvalue weighted by atomic mass is 10.2. The summed E-state index contributed by atoms with van der Waals surface area (Å²) in [5.74, 6) is 0. The maximum absolute atomic E-state index is 5.95. The number of rotatable bonds is 0. The normalized spacial score (nSPS) is 27.7. The molecule has 0 saturated carbocycles. The third kappa shape index (κ3) is 1.09. The number of hydrogen-bond acceptors (Lipinski definition) is 3. The summed E-state index contributed by atoms with van der Waals surface area (Å²) in [6.45, 7) is 0. The predicted octanol–water partition coefficient (Wildman–Crippen LogP) is 2.46. The SMILES string of the molecule is N[C@@H]1C[C@H](N)c2c(Cl)sc(Cl)c21. The van der Waals surface area contributed by atoms with Gasteiger partial charge in [0.25, 0.3) is 0 Å². The summed E-state index contributed by atoms with van der Waals surface area (Å²) < 4.78 is 1.38. The van der Waals surface area contributed by atoms with Crippen molar-refractivity contribution in [3.05, 3.63) is 19.8 Å². The van der Waals surface area contributed by atoms with Crippen LogP contribution in [0.3, 0.4) is 0 Å². The van der Waals surface area contributed by atoms with Gasteiger partial charge in [-0.3, -0.25) is 0 Å². The quantitative estimate of drug-likeness (QED) is 0.709. The van der Waals surface area contributed by atoms with Crippen LogP contribution in [0.5, 0.6) is 0 Å². The molecular formula is C7H8Cl2N2S. The van der Waals surface area contributed by atoms with Crippen LogP contribution >= 0.6 is 34.5 Å². The first-order chi connectivity index (χ1) is 5.61. The van der Waals surface area contributed by atoms with Crippen LogP contribution in [-0.2, 0) is 0 Å². The van der Waals surface area contributed by atoms with E-state index in [-0.39, 0.29) is 12.1 Å². The second-order valence-corrected chi connectivity index (χ2v) is 5.15. The van der Waals surface area contributed by atoms with E-state index in [0.29, 0.717) is 8.67 Å². The van der Waals surface area contributed by atoms with E-state index in [1.54, 1.807) is 0 Å². The summed E-state index contributed by atoms with van der Waals surface area (Å²) >= 11 is 13.2. The molecular weight excluding hydrogens is 215 g/mol. The van der Waals surface area contributed by atoms with E-state index in [1.165, 1.54) is 11.3 Å². The molecule has 66 valence electrons. The zero-order chi connectivity index (χ0) is 8.88. The van der Waals surface area contributed by atoms with Crippen molar-refractivity contribution in [2.75, 3.05) is 0 Å². The Morgan fingerprint density at radius 1 is 1.08 bits per heavy atom. The third-order valence-corrected chi connectivity index (χ3v) is 3.81. The highest BCUT2D eigenvalue weighted by Gasteiger charge is 2.32. The molecule has 0 fully saturated rings. The molecule has 5 heteroatoms. The van der Waals surface area contributed by atoms with Crippen molar-refractivity contribution in [1.29, 1.82) is 0 Å². The zero-order valence-electron chi connectivity index (χ0n) is 6.18. The summed E-state index contributed by atoms with van der Waals surface area (Å²) in [4.78, 5) is 0. The van der Waals surface area contributed by atoms with Crippen LogP contribution in [-0.4, -0.2) is 0 Å². The molecule has 1 heterocycles. The maximum Gasteiger partial charge on any atom is 0.0995 e. The summed E-state index contributed by atoms with van der Waals surface area (Å²) in [6.07, 6.45) is 0.748. The molecule has 2 rings (SSSR count). The predicted molar refractivity (Wildman–Crippen MR) is 52.8 cm³/mol. The molecule has 12 heavy (non-hydrogen) atoms. The van der Waals surface area contributed by atoms with Crippen LogP contribution in [0.4, 0.5) is 0 Å². The van der Waals surface area contributed by atoms with E-state index in [2.05, 4.69) is 0 Å². The molecule has 2 nitrogen and oxygen atoms in total. The lowest BCUT2D eigenvalue weighted by Crippen LogP contribution is -2.09. The van der Waals surface area contributed by atoms with Gasteiger partial charge in [-0.05, 0) is 6.42 Å². The standard InChI is InChI=1S/C7H8Cl2N2S/c8-6-4-2(10)1-3(11)5(4)7(9)12-6/h2-3H,1,10-11H2/t2-,3+. The average Bonchev–Trinajstić information content (AvgIpc) is 2.38. The summed E-state index contributed by atoms with van der Waals surface area (Å²) in [5.41, 5.74) is 13.6. The van der Waals surface area contributed by atoms with Gasteiger partial charge in [0.05, 0.1) is 8.67 Å². The second kappa shape index (κ2) is 2.86. The lowest BCUT2D eigenvalue weighted by Gasteiger charge is -2.02. The molecule has 0 aliphatic heterocycles. The van der Waals surface area contributed by atoms with E-state index in [4.69, 9.17) is 34.7 Å². The Morgan fingerprint density at radius 2 is 1.50 bits per heavy atom. The van der Waals surface area contributed by atoms with Gasteiger partial charge < -0.3 is 11.5 Å². The molecule has 4 N–H and O–H groups in total. The van der Waals surface area contributed by atoms with Crippen molar-refractivity contribution in [2.24, 2.45) is 11.5 Å². The van der Waals surface area contributed by atoms with E-state index in [0.717, 1.165) is 17.5 Å². The molecule has 0 unspecified atom stereocenters. The molecule has 0 saturated heterocycles. The first kappa shape index (κ1) is 8.78. The average molecular weight is 223 g/mol. The Bertz CT molecular complexity index is 295. The summed E-state index contributed by atoms with van der Waals surface area (Å²) in [7, 11) is 0. The highest BCUT2D eigenvalue weighted by Crippen LogP contribution is 2.48. The fraction of sp³-hybridized carbons (Fsp3) is 0.429. The first-order valence-corrected chi connectivity index (χ1v) is 5.17. The molecule has 0 radical (unpaired) electrons. The minimum atomic E-state index is -0.0359. The number of fused-ring (bicyclic) bond motifs is 1. The van der Waals surface area contributed by atoms with E-state index >= 15 is 0 Å². The number of thiophene rings is 1. The summed E-state index contributed by atoms with van der Waals surface area (Å²) in [6, 6.07) is -0.0718. The maximum atomic E-state index is 5.95. The summed E-state index contributed by atoms with van der Waals surface area (Å²) in [5, 5.41) is 0. The number of hydrogen-bond donors (Lipinski definition) is 2. The van der Waals surface area contributed by atoms with Gasteiger partial charge in [-0.25, -0.2) is 0 Å². The van der Waals surface area contributed by atoms with Gasteiger partial charge in [0.1, 0.15) is 0 Å². The molecule has 0 spiro atoms. The molecule has 0 bridgehead atoms. The Morgan fingerprint density at radius 3 is 1.92 bits per heavy atom. The highest BCUT2D eigenvalue weighted by atomic mass is 35.5. The smallest absolute Gasteiger partial charge is 0.0995 e. The minimum Gasteiger partial charge on any atom is -0.324 e. The van der Waals surface area contributed by atoms with Gasteiger partial charge in [-0.2, -0.15) is 0 Å². The van der Waals surface area contributed by atoms with Crippen molar-refractivity contribution >= 4 is 34.5 Å². The Hall–Kier alpha value is 0.200. The fourth-order valence-corrected chi connectivity index (χ4v) is 3.57. The van der Waals surface area contributed by atoms with Crippen molar-refractivity contribution in [3.8, 4) is 0 Å². The van der Waals surface area contributed by atoms with Crippen molar-refractivity contribution in [2.45, 2.75) is 18.5 Å². The van der Waals surface area contributed by atoms with Gasteiger partial charge in [0, 0.05) is 23.2 Å². The van der Waals surface area contributed by atoms with Crippen LogP contribution in [0.1, 0.15) is 29.6 Å². The first-order valence-electron chi connectivity index (χ1n) is 3.60. The second-order valence-electron chi connectivity index (χ2n) is 2.93. The van der Waals surface area contributed by atoms with Gasteiger partial charge in [0.15, 0.2) is 0 Å². The van der Waals surface area contributed by atoms with Crippen LogP contribution < -0.4 is 11.5 Å². The molecule has 1 aromatic rings. The Labute approximate surface area is 84.4 Å². The highest BCUT2D eigenvalue weighted by molar-refractivity contribution is 7.20. The third-order valence-electron chi connectivity index (χ3n) is 2.14. The van der Waals surface area contributed by atoms with Gasteiger partial charge >= 0.3 is 0 Å². The monoisotopic (exact) mass is 222 g/mol. The minimum absolute atomic E-state index is 0.0359. The zero-order valence-corrected chi connectivity index (χ0v) is 8.51. The number of nitrogens with two attached hydrogens (primary N) is 2. The fourth-order valence-electron chi connectivity index (χ4n) is 1.60.